The van der Waals surface area contributed by atoms with Crippen LogP contribution < -0.4 is 4.90 Å². The van der Waals surface area contributed by atoms with E-state index in [1.807, 2.05) is 42.5 Å². The average Bonchev–Trinajstić information content (AvgIpc) is 3.18. The number of halogens is 1. The van der Waals surface area contributed by atoms with Crippen molar-refractivity contribution < 1.29 is 23.9 Å². The molecule has 0 N–H and O–H groups in total. The lowest BCUT2D eigenvalue weighted by Gasteiger charge is -2.14. The Kier molecular flexibility index (Phi) is 7.13. The summed E-state index contributed by atoms with van der Waals surface area (Å²) >= 11 is 7.43. The molecule has 2 amide bonds. The Balaban J connectivity index is 1.30. The van der Waals surface area contributed by atoms with Crippen molar-refractivity contribution >= 4 is 52.6 Å². The van der Waals surface area contributed by atoms with E-state index in [1.165, 1.54) is 25.1 Å². The molecule has 6 nitrogen and oxygen atoms in total. The first kappa shape index (κ1) is 25.4. The highest BCUT2D eigenvalue weighted by Crippen LogP contribution is 2.33. The highest BCUT2D eigenvalue weighted by atomic mass is 35.5. The summed E-state index contributed by atoms with van der Waals surface area (Å²) in [6.07, 6.45) is -1.06. The zero-order valence-corrected chi connectivity index (χ0v) is 21.7. The van der Waals surface area contributed by atoms with Gasteiger partial charge >= 0.3 is 5.97 Å². The van der Waals surface area contributed by atoms with E-state index < -0.39 is 23.9 Å². The van der Waals surface area contributed by atoms with Crippen LogP contribution in [0.3, 0.4) is 0 Å². The lowest BCUT2D eigenvalue weighted by atomic mass is 10.1. The molecule has 0 aliphatic carbocycles. The van der Waals surface area contributed by atoms with E-state index in [9.17, 15) is 19.2 Å². The number of imide groups is 1. The van der Waals surface area contributed by atoms with E-state index in [1.54, 1.807) is 48.2 Å². The van der Waals surface area contributed by atoms with E-state index in [-0.39, 0.29) is 22.5 Å². The van der Waals surface area contributed by atoms with Gasteiger partial charge in [-0.1, -0.05) is 41.6 Å². The van der Waals surface area contributed by atoms with Crippen LogP contribution in [-0.2, 0) is 4.74 Å². The molecule has 0 fully saturated rings. The first-order valence-electron chi connectivity index (χ1n) is 11.7. The van der Waals surface area contributed by atoms with Gasteiger partial charge in [0.05, 0.1) is 22.4 Å². The van der Waals surface area contributed by atoms with E-state index >= 15 is 0 Å². The Bertz CT molecular complexity index is 1550. The van der Waals surface area contributed by atoms with Crippen LogP contribution in [0.4, 0.5) is 5.69 Å². The largest absolute Gasteiger partial charge is 0.451 e. The number of ether oxygens (including phenoxy) is 1. The van der Waals surface area contributed by atoms with Crippen LogP contribution in [0.1, 0.15) is 48.4 Å². The van der Waals surface area contributed by atoms with Crippen molar-refractivity contribution in [3.63, 3.8) is 0 Å². The quantitative estimate of drug-likeness (QED) is 0.147. The normalized spacial score (nSPS) is 13.3. The van der Waals surface area contributed by atoms with E-state index in [4.69, 9.17) is 16.3 Å². The second kappa shape index (κ2) is 10.7. The summed E-state index contributed by atoms with van der Waals surface area (Å²) in [4.78, 5) is 54.7. The van der Waals surface area contributed by atoms with Gasteiger partial charge in [-0.15, -0.1) is 0 Å². The first-order valence-corrected chi connectivity index (χ1v) is 12.9. The number of carbonyl (C=O) groups excluding carboxylic acids is 4. The second-order valence-corrected chi connectivity index (χ2v) is 10.1. The Morgan fingerprint density at radius 3 is 2.05 bits per heavy atom. The zero-order valence-electron chi connectivity index (χ0n) is 20.1. The maximum Gasteiger partial charge on any atom is 0.338 e. The van der Waals surface area contributed by atoms with Crippen LogP contribution in [0.15, 0.2) is 107 Å². The fourth-order valence-electron chi connectivity index (χ4n) is 4.02. The summed E-state index contributed by atoms with van der Waals surface area (Å²) in [7, 11) is 0. The molecule has 1 aliphatic rings. The molecule has 4 aromatic carbocycles. The number of fused-ring (bicyclic) bond motifs is 1. The summed E-state index contributed by atoms with van der Waals surface area (Å²) in [5.41, 5.74) is 1.15. The number of benzene rings is 4. The molecule has 1 heterocycles. The number of hydrogen-bond acceptors (Lipinski definition) is 6. The molecule has 1 unspecified atom stereocenters. The molecule has 0 spiro atoms. The van der Waals surface area contributed by atoms with Crippen LogP contribution in [0, 0.1) is 0 Å². The number of nitrogens with zero attached hydrogens (tertiary/aromatic N) is 1. The van der Waals surface area contributed by atoms with Crippen molar-refractivity contribution in [1.82, 2.24) is 0 Å². The smallest absolute Gasteiger partial charge is 0.338 e. The fraction of sp³-hybridized carbons (Fsp3) is 0.0667. The minimum atomic E-state index is -1.06. The third-order valence-corrected chi connectivity index (χ3v) is 7.25. The Morgan fingerprint density at radius 2 is 1.37 bits per heavy atom. The molecule has 8 heteroatoms. The van der Waals surface area contributed by atoms with Crippen molar-refractivity contribution in [2.75, 3.05) is 4.90 Å². The number of Topliss-reactive ketones (excluding diaryl/α,β-unsaturated/α-hetero) is 1. The van der Waals surface area contributed by atoms with Gasteiger partial charge < -0.3 is 4.74 Å². The van der Waals surface area contributed by atoms with Gasteiger partial charge in [0.1, 0.15) is 0 Å². The van der Waals surface area contributed by atoms with Crippen molar-refractivity contribution in [2.24, 2.45) is 0 Å². The average molecular weight is 542 g/mol. The number of amides is 2. The Labute approximate surface area is 228 Å². The zero-order chi connectivity index (χ0) is 26.8. The predicted octanol–water partition coefficient (Wildman–Crippen LogP) is 6.72. The summed E-state index contributed by atoms with van der Waals surface area (Å²) in [6, 6.07) is 27.4. The molecule has 38 heavy (non-hydrogen) atoms. The summed E-state index contributed by atoms with van der Waals surface area (Å²) in [5.74, 6) is -2.17. The van der Waals surface area contributed by atoms with Crippen molar-refractivity contribution in [2.45, 2.75) is 22.8 Å². The number of esters is 1. The molecule has 1 aliphatic heterocycles. The van der Waals surface area contributed by atoms with Gasteiger partial charge in [-0.3, -0.25) is 14.4 Å². The van der Waals surface area contributed by atoms with Gasteiger partial charge in [0.25, 0.3) is 11.8 Å². The topological polar surface area (TPSA) is 80.8 Å². The lowest BCUT2D eigenvalue weighted by molar-refractivity contribution is 0.0318. The number of carbonyl (C=O) groups is 4. The summed E-state index contributed by atoms with van der Waals surface area (Å²) in [5, 5.41) is 0.486. The third-order valence-electron chi connectivity index (χ3n) is 5.98. The van der Waals surface area contributed by atoms with Crippen molar-refractivity contribution in [3.8, 4) is 0 Å². The van der Waals surface area contributed by atoms with Crippen molar-refractivity contribution in [1.29, 1.82) is 0 Å². The van der Waals surface area contributed by atoms with Crippen LogP contribution in [-0.4, -0.2) is 29.7 Å². The Morgan fingerprint density at radius 1 is 0.763 bits per heavy atom. The molecule has 0 saturated heterocycles. The number of ketones is 1. The maximum absolute atomic E-state index is 13.2. The van der Waals surface area contributed by atoms with Gasteiger partial charge in [-0.05, 0) is 85.8 Å². The van der Waals surface area contributed by atoms with E-state index in [0.29, 0.717) is 16.3 Å². The predicted molar refractivity (Wildman–Crippen MR) is 145 cm³/mol. The first-order chi connectivity index (χ1) is 18.3. The van der Waals surface area contributed by atoms with E-state index in [0.717, 1.165) is 14.7 Å². The molecular formula is C30H20ClNO5S. The monoisotopic (exact) mass is 541 g/mol. The standard InChI is InChI=1S/C30H20ClNO5S/c1-18(27(33)19-7-10-21(31)11-8-19)37-30(36)20-9-16-25-26(17-20)29(35)32(28(25)34)22-12-14-24(15-13-22)38-23-5-3-2-4-6-23/h2-18H,1H3. The molecule has 0 saturated carbocycles. The molecule has 188 valence electrons. The van der Waals surface area contributed by atoms with Crippen LogP contribution in [0.5, 0.6) is 0 Å². The van der Waals surface area contributed by atoms with Crippen LogP contribution >= 0.6 is 23.4 Å². The summed E-state index contributed by atoms with van der Waals surface area (Å²) in [6.45, 7) is 1.47. The number of rotatable bonds is 7. The van der Waals surface area contributed by atoms with Gasteiger partial charge in [0.2, 0.25) is 5.78 Å². The molecule has 0 aromatic heterocycles. The molecule has 4 aromatic rings. The van der Waals surface area contributed by atoms with Crippen molar-refractivity contribution in [3.05, 3.63) is 124 Å². The molecule has 0 bridgehead atoms. The van der Waals surface area contributed by atoms with E-state index in [2.05, 4.69) is 0 Å². The van der Waals surface area contributed by atoms with Gasteiger partial charge in [-0.25, -0.2) is 9.69 Å². The molecular weight excluding hydrogens is 522 g/mol. The molecule has 5 rings (SSSR count). The van der Waals surface area contributed by atoms with Crippen LogP contribution in [0.2, 0.25) is 5.02 Å². The maximum atomic E-state index is 13.2. The molecule has 0 radical (unpaired) electrons. The number of hydrogen-bond donors (Lipinski definition) is 0. The minimum absolute atomic E-state index is 0.0668. The second-order valence-electron chi connectivity index (χ2n) is 8.53. The fourth-order valence-corrected chi connectivity index (χ4v) is 4.98. The van der Waals surface area contributed by atoms with Gasteiger partial charge in [0, 0.05) is 20.4 Å². The lowest BCUT2D eigenvalue weighted by Crippen LogP contribution is -2.29. The number of anilines is 1. The van der Waals surface area contributed by atoms with Crippen LogP contribution in [0.25, 0.3) is 0 Å². The summed E-state index contributed by atoms with van der Waals surface area (Å²) < 4.78 is 5.34. The SMILES string of the molecule is CC(OC(=O)c1ccc2c(c1)C(=O)N(c1ccc(Sc3ccccc3)cc1)C2=O)C(=O)c1ccc(Cl)cc1. The highest BCUT2D eigenvalue weighted by Gasteiger charge is 2.37. The highest BCUT2D eigenvalue weighted by molar-refractivity contribution is 7.99. The van der Waals surface area contributed by atoms with Gasteiger partial charge in [0.15, 0.2) is 6.10 Å². The third kappa shape index (κ3) is 5.11. The minimum Gasteiger partial charge on any atom is -0.451 e. The molecule has 1 atom stereocenters. The van der Waals surface area contributed by atoms with Gasteiger partial charge in [-0.2, -0.15) is 0 Å². The Hall–Kier alpha value is -4.20.